The highest BCUT2D eigenvalue weighted by atomic mass is 16.1. The molecular formula is C13H25NO. The second-order valence-corrected chi connectivity index (χ2v) is 4.70. The highest BCUT2D eigenvalue weighted by Crippen LogP contribution is 2.26. The van der Waals surface area contributed by atoms with Gasteiger partial charge in [0.15, 0.2) is 5.78 Å². The highest BCUT2D eigenvalue weighted by Gasteiger charge is 2.37. The summed E-state index contributed by atoms with van der Waals surface area (Å²) in [6.07, 6.45) is 8.74. The number of hydrogen-bond donors (Lipinski definition) is 1. The molecule has 2 heteroatoms. The Bertz CT molecular complexity index is 195. The summed E-state index contributed by atoms with van der Waals surface area (Å²) in [7, 11) is 0. The molecule has 0 aromatic rings. The lowest BCUT2D eigenvalue weighted by molar-refractivity contribution is -0.125. The van der Waals surface area contributed by atoms with E-state index < -0.39 is 0 Å². The van der Waals surface area contributed by atoms with Crippen molar-refractivity contribution in [2.24, 2.45) is 0 Å². The van der Waals surface area contributed by atoms with Gasteiger partial charge in [-0.15, -0.1) is 0 Å². The van der Waals surface area contributed by atoms with E-state index in [0.29, 0.717) is 5.78 Å². The van der Waals surface area contributed by atoms with Gasteiger partial charge in [0, 0.05) is 6.42 Å². The average Bonchev–Trinajstić information content (AvgIpc) is 2.74. The smallest absolute Gasteiger partial charge is 0.152 e. The average molecular weight is 211 g/mol. The van der Waals surface area contributed by atoms with E-state index in [1.807, 2.05) is 0 Å². The van der Waals surface area contributed by atoms with Crippen LogP contribution in [0.2, 0.25) is 0 Å². The van der Waals surface area contributed by atoms with Gasteiger partial charge < -0.3 is 5.32 Å². The van der Waals surface area contributed by atoms with Crippen molar-refractivity contribution in [1.29, 1.82) is 0 Å². The molecule has 1 unspecified atom stereocenters. The fourth-order valence-electron chi connectivity index (χ4n) is 2.49. The normalized spacial score (nSPS) is 25.7. The van der Waals surface area contributed by atoms with Crippen LogP contribution in [0.5, 0.6) is 0 Å². The molecule has 1 N–H and O–H groups in total. The third-order valence-corrected chi connectivity index (χ3v) is 3.64. The van der Waals surface area contributed by atoms with Gasteiger partial charge in [0.25, 0.3) is 0 Å². The second kappa shape index (κ2) is 6.26. The maximum absolute atomic E-state index is 12.1. The summed E-state index contributed by atoms with van der Waals surface area (Å²) in [4.78, 5) is 12.1. The van der Waals surface area contributed by atoms with E-state index in [-0.39, 0.29) is 5.54 Å². The molecule has 1 fully saturated rings. The standard InChI is InChI=1S/C13H25NO/c1-3-5-6-7-9-12(15)13(4-2)10-8-11-14-13/h14H,3-11H2,1-2H3. The number of carbonyl (C=O) groups excluding carboxylic acids is 1. The van der Waals surface area contributed by atoms with Gasteiger partial charge in [-0.2, -0.15) is 0 Å². The lowest BCUT2D eigenvalue weighted by Crippen LogP contribution is -2.46. The Morgan fingerprint density at radius 3 is 2.60 bits per heavy atom. The van der Waals surface area contributed by atoms with Crippen molar-refractivity contribution in [2.75, 3.05) is 6.54 Å². The summed E-state index contributed by atoms with van der Waals surface area (Å²) in [5.41, 5.74) is -0.147. The molecule has 1 saturated heterocycles. The molecule has 1 rings (SSSR count). The lowest BCUT2D eigenvalue weighted by atomic mass is 9.86. The van der Waals surface area contributed by atoms with E-state index in [4.69, 9.17) is 0 Å². The fraction of sp³-hybridized carbons (Fsp3) is 0.923. The molecular weight excluding hydrogens is 186 g/mol. The second-order valence-electron chi connectivity index (χ2n) is 4.70. The molecule has 0 bridgehead atoms. The molecule has 1 aliphatic rings. The van der Waals surface area contributed by atoms with E-state index in [9.17, 15) is 4.79 Å². The van der Waals surface area contributed by atoms with Crippen molar-refractivity contribution in [3.05, 3.63) is 0 Å². The molecule has 0 aromatic heterocycles. The quantitative estimate of drug-likeness (QED) is 0.656. The van der Waals surface area contributed by atoms with Crippen LogP contribution in [0.25, 0.3) is 0 Å². The predicted molar refractivity (Wildman–Crippen MR) is 64.0 cm³/mol. The van der Waals surface area contributed by atoms with Crippen molar-refractivity contribution in [2.45, 2.75) is 70.8 Å². The van der Waals surface area contributed by atoms with Gasteiger partial charge in [-0.1, -0.05) is 33.1 Å². The SMILES string of the molecule is CCCCCCC(=O)C1(CC)CCCN1. The zero-order chi connectivity index (χ0) is 11.1. The monoisotopic (exact) mass is 211 g/mol. The molecule has 0 saturated carbocycles. The van der Waals surface area contributed by atoms with Crippen LogP contribution < -0.4 is 5.32 Å². The molecule has 2 nitrogen and oxygen atoms in total. The van der Waals surface area contributed by atoms with Crippen molar-refractivity contribution in [3.8, 4) is 0 Å². The molecule has 0 aromatic carbocycles. The largest absolute Gasteiger partial charge is 0.305 e. The third-order valence-electron chi connectivity index (χ3n) is 3.64. The zero-order valence-corrected chi connectivity index (χ0v) is 10.3. The summed E-state index contributed by atoms with van der Waals surface area (Å²) in [5.74, 6) is 0.457. The molecule has 1 atom stereocenters. The van der Waals surface area contributed by atoms with Crippen LogP contribution in [0.4, 0.5) is 0 Å². The van der Waals surface area contributed by atoms with Crippen LogP contribution >= 0.6 is 0 Å². The van der Waals surface area contributed by atoms with Crippen LogP contribution in [-0.2, 0) is 4.79 Å². The Morgan fingerprint density at radius 2 is 2.07 bits per heavy atom. The molecule has 88 valence electrons. The predicted octanol–water partition coefficient (Wildman–Crippen LogP) is 3.06. The van der Waals surface area contributed by atoms with Crippen molar-refractivity contribution >= 4 is 5.78 Å². The van der Waals surface area contributed by atoms with Crippen LogP contribution in [0.3, 0.4) is 0 Å². The van der Waals surface area contributed by atoms with Crippen LogP contribution in [0, 0.1) is 0 Å². The summed E-state index contributed by atoms with van der Waals surface area (Å²) in [6.45, 7) is 5.35. The summed E-state index contributed by atoms with van der Waals surface area (Å²) in [6, 6.07) is 0. The number of unbranched alkanes of at least 4 members (excludes halogenated alkanes) is 3. The zero-order valence-electron chi connectivity index (χ0n) is 10.3. The number of nitrogens with one attached hydrogen (secondary N) is 1. The van der Waals surface area contributed by atoms with Crippen molar-refractivity contribution in [3.63, 3.8) is 0 Å². The number of carbonyl (C=O) groups is 1. The first-order chi connectivity index (χ1) is 7.25. The number of rotatable bonds is 7. The Balaban J connectivity index is 2.31. The van der Waals surface area contributed by atoms with Gasteiger partial charge in [-0.05, 0) is 32.2 Å². The Hall–Kier alpha value is -0.370. The minimum absolute atomic E-state index is 0.147. The van der Waals surface area contributed by atoms with Crippen LogP contribution in [0.1, 0.15) is 65.2 Å². The number of hydrogen-bond acceptors (Lipinski definition) is 2. The Morgan fingerprint density at radius 1 is 1.27 bits per heavy atom. The van der Waals surface area contributed by atoms with Gasteiger partial charge in [0.1, 0.15) is 0 Å². The van der Waals surface area contributed by atoms with Gasteiger partial charge in [-0.3, -0.25) is 4.79 Å². The third kappa shape index (κ3) is 3.30. The first-order valence-corrected chi connectivity index (χ1v) is 6.53. The van der Waals surface area contributed by atoms with E-state index in [1.165, 1.54) is 19.3 Å². The maximum Gasteiger partial charge on any atom is 0.152 e. The van der Waals surface area contributed by atoms with E-state index in [1.54, 1.807) is 0 Å². The van der Waals surface area contributed by atoms with Gasteiger partial charge in [0.2, 0.25) is 0 Å². The van der Waals surface area contributed by atoms with Crippen LogP contribution in [-0.4, -0.2) is 17.9 Å². The first kappa shape index (κ1) is 12.7. The number of Topliss-reactive ketones (excluding diaryl/α,β-unsaturated/α-hetero) is 1. The molecule has 0 amide bonds. The van der Waals surface area contributed by atoms with E-state index in [2.05, 4.69) is 19.2 Å². The minimum Gasteiger partial charge on any atom is -0.305 e. The summed E-state index contributed by atoms with van der Waals surface area (Å²) >= 11 is 0. The highest BCUT2D eigenvalue weighted by molar-refractivity contribution is 5.88. The van der Waals surface area contributed by atoms with Gasteiger partial charge in [0.05, 0.1) is 5.54 Å². The van der Waals surface area contributed by atoms with Crippen molar-refractivity contribution in [1.82, 2.24) is 5.32 Å². The molecule has 0 spiro atoms. The molecule has 0 radical (unpaired) electrons. The van der Waals surface area contributed by atoms with Crippen LogP contribution in [0.15, 0.2) is 0 Å². The topological polar surface area (TPSA) is 29.1 Å². The van der Waals surface area contributed by atoms with Gasteiger partial charge >= 0.3 is 0 Å². The molecule has 15 heavy (non-hydrogen) atoms. The summed E-state index contributed by atoms with van der Waals surface area (Å²) < 4.78 is 0. The molecule has 1 heterocycles. The molecule has 1 aliphatic heterocycles. The molecule has 0 aliphatic carbocycles. The Kier molecular flexibility index (Phi) is 5.30. The minimum atomic E-state index is -0.147. The lowest BCUT2D eigenvalue weighted by Gasteiger charge is -2.26. The maximum atomic E-state index is 12.1. The van der Waals surface area contributed by atoms with Gasteiger partial charge in [-0.25, -0.2) is 0 Å². The van der Waals surface area contributed by atoms with E-state index in [0.717, 1.165) is 38.6 Å². The fourth-order valence-corrected chi connectivity index (χ4v) is 2.49. The Labute approximate surface area is 93.8 Å². The van der Waals surface area contributed by atoms with Crippen molar-refractivity contribution < 1.29 is 4.79 Å². The number of ketones is 1. The van der Waals surface area contributed by atoms with E-state index >= 15 is 0 Å². The first-order valence-electron chi connectivity index (χ1n) is 6.53. The summed E-state index contributed by atoms with van der Waals surface area (Å²) in [5, 5.41) is 3.41.